The van der Waals surface area contributed by atoms with Gasteiger partial charge in [0.15, 0.2) is 6.29 Å². The molecule has 0 aromatic heterocycles. The first-order valence-corrected chi connectivity index (χ1v) is 7.31. The molecule has 1 aliphatic heterocycles. The summed E-state index contributed by atoms with van der Waals surface area (Å²) >= 11 is 0. The fraction of sp³-hybridized carbons (Fsp3) is 0.333. The van der Waals surface area contributed by atoms with E-state index in [1.807, 2.05) is 18.2 Å². The van der Waals surface area contributed by atoms with Gasteiger partial charge in [0.05, 0.1) is 20.3 Å². The molecule has 0 unspecified atom stereocenters. The van der Waals surface area contributed by atoms with Gasteiger partial charge in [-0.2, -0.15) is 0 Å². The predicted octanol–water partition coefficient (Wildman–Crippen LogP) is 3.72. The molecular formula is C18H20O3. The van der Waals surface area contributed by atoms with Crippen molar-refractivity contribution in [3.8, 4) is 5.75 Å². The lowest BCUT2D eigenvalue weighted by atomic mass is 9.99. The molecule has 1 saturated heterocycles. The lowest BCUT2D eigenvalue weighted by Gasteiger charge is -2.25. The van der Waals surface area contributed by atoms with Gasteiger partial charge in [0.2, 0.25) is 0 Å². The van der Waals surface area contributed by atoms with Gasteiger partial charge in [0.25, 0.3) is 0 Å². The minimum atomic E-state index is -0.236. The van der Waals surface area contributed by atoms with E-state index >= 15 is 0 Å². The molecule has 21 heavy (non-hydrogen) atoms. The molecule has 2 aromatic rings. The first kappa shape index (κ1) is 14.1. The Bertz CT molecular complexity index is 589. The molecule has 1 aliphatic rings. The largest absolute Gasteiger partial charge is 0.497 e. The van der Waals surface area contributed by atoms with Crippen LogP contribution in [0.15, 0.2) is 48.5 Å². The Kier molecular flexibility index (Phi) is 4.53. The van der Waals surface area contributed by atoms with Gasteiger partial charge in [-0.25, -0.2) is 0 Å². The smallest absolute Gasteiger partial charge is 0.184 e. The van der Waals surface area contributed by atoms with Crippen LogP contribution in [0.4, 0.5) is 0 Å². The molecule has 0 N–H and O–H groups in total. The average Bonchev–Trinajstić information content (AvgIpc) is 2.56. The van der Waals surface area contributed by atoms with Gasteiger partial charge in [-0.3, -0.25) is 0 Å². The summed E-state index contributed by atoms with van der Waals surface area (Å²) in [4.78, 5) is 0. The van der Waals surface area contributed by atoms with Gasteiger partial charge in [0, 0.05) is 5.56 Å². The topological polar surface area (TPSA) is 27.7 Å². The van der Waals surface area contributed by atoms with Crippen molar-refractivity contribution in [1.82, 2.24) is 0 Å². The molecule has 0 spiro atoms. The third-order valence-electron chi connectivity index (χ3n) is 3.66. The van der Waals surface area contributed by atoms with E-state index in [4.69, 9.17) is 14.2 Å². The fourth-order valence-electron chi connectivity index (χ4n) is 2.59. The zero-order valence-electron chi connectivity index (χ0n) is 12.2. The second-order valence-corrected chi connectivity index (χ2v) is 5.15. The molecule has 1 fully saturated rings. The van der Waals surface area contributed by atoms with Gasteiger partial charge < -0.3 is 14.2 Å². The van der Waals surface area contributed by atoms with E-state index in [2.05, 4.69) is 30.3 Å². The standard InChI is InChI=1S/C18H20O3/c1-19-16-8-4-6-14(13-16)12-15-7-2-3-9-17(15)18-20-10-5-11-21-18/h2-4,6-9,13,18H,5,10-12H2,1H3. The number of hydrogen-bond donors (Lipinski definition) is 0. The van der Waals surface area contributed by atoms with Gasteiger partial charge in [0.1, 0.15) is 5.75 Å². The number of rotatable bonds is 4. The van der Waals surface area contributed by atoms with Crippen LogP contribution in [0.5, 0.6) is 5.75 Å². The summed E-state index contributed by atoms with van der Waals surface area (Å²) < 4.78 is 16.8. The van der Waals surface area contributed by atoms with Crippen molar-refractivity contribution in [2.75, 3.05) is 20.3 Å². The first-order chi connectivity index (χ1) is 10.4. The normalized spacial score (nSPS) is 15.9. The summed E-state index contributed by atoms with van der Waals surface area (Å²) in [5, 5.41) is 0. The van der Waals surface area contributed by atoms with Gasteiger partial charge in [-0.15, -0.1) is 0 Å². The van der Waals surface area contributed by atoms with Crippen molar-refractivity contribution in [1.29, 1.82) is 0 Å². The highest BCUT2D eigenvalue weighted by molar-refractivity contribution is 5.36. The summed E-state index contributed by atoms with van der Waals surface area (Å²) in [6, 6.07) is 16.5. The summed E-state index contributed by atoms with van der Waals surface area (Å²) in [6.07, 6.45) is 1.58. The Morgan fingerprint density at radius 2 is 1.86 bits per heavy atom. The second kappa shape index (κ2) is 6.74. The lowest BCUT2D eigenvalue weighted by Crippen LogP contribution is -2.19. The summed E-state index contributed by atoms with van der Waals surface area (Å²) in [5.41, 5.74) is 3.58. The van der Waals surface area contributed by atoms with Crippen LogP contribution < -0.4 is 4.74 Å². The molecule has 3 heteroatoms. The Hall–Kier alpha value is -1.84. The van der Waals surface area contributed by atoms with Crippen molar-refractivity contribution < 1.29 is 14.2 Å². The molecule has 0 aliphatic carbocycles. The molecule has 0 amide bonds. The molecule has 0 radical (unpaired) electrons. The molecule has 0 atom stereocenters. The highest BCUT2D eigenvalue weighted by atomic mass is 16.7. The SMILES string of the molecule is COc1cccc(Cc2ccccc2C2OCCCO2)c1. The van der Waals surface area contributed by atoms with E-state index in [1.54, 1.807) is 7.11 Å². The molecule has 3 rings (SSSR count). The van der Waals surface area contributed by atoms with Crippen molar-refractivity contribution in [3.05, 3.63) is 65.2 Å². The predicted molar refractivity (Wildman–Crippen MR) is 81.5 cm³/mol. The Morgan fingerprint density at radius 3 is 2.67 bits per heavy atom. The van der Waals surface area contributed by atoms with Crippen LogP contribution in [-0.2, 0) is 15.9 Å². The Morgan fingerprint density at radius 1 is 1.05 bits per heavy atom. The van der Waals surface area contributed by atoms with Crippen LogP contribution in [0, 0.1) is 0 Å². The maximum Gasteiger partial charge on any atom is 0.184 e. The Balaban J connectivity index is 1.84. The zero-order valence-corrected chi connectivity index (χ0v) is 12.2. The minimum absolute atomic E-state index is 0.236. The fourth-order valence-corrected chi connectivity index (χ4v) is 2.59. The van der Waals surface area contributed by atoms with Crippen LogP contribution in [-0.4, -0.2) is 20.3 Å². The van der Waals surface area contributed by atoms with Gasteiger partial charge >= 0.3 is 0 Å². The van der Waals surface area contributed by atoms with Gasteiger partial charge in [-0.05, 0) is 36.1 Å². The van der Waals surface area contributed by atoms with E-state index in [0.717, 1.165) is 37.4 Å². The third kappa shape index (κ3) is 3.43. The van der Waals surface area contributed by atoms with Crippen LogP contribution in [0.2, 0.25) is 0 Å². The molecule has 1 heterocycles. The highest BCUT2D eigenvalue weighted by Crippen LogP contribution is 2.28. The van der Waals surface area contributed by atoms with E-state index in [9.17, 15) is 0 Å². The first-order valence-electron chi connectivity index (χ1n) is 7.31. The quantitative estimate of drug-likeness (QED) is 0.856. The second-order valence-electron chi connectivity index (χ2n) is 5.15. The maximum absolute atomic E-state index is 5.74. The van der Waals surface area contributed by atoms with Crippen LogP contribution in [0.1, 0.15) is 29.4 Å². The molecular weight excluding hydrogens is 264 g/mol. The Labute approximate surface area is 125 Å². The molecule has 3 nitrogen and oxygen atoms in total. The summed E-state index contributed by atoms with van der Waals surface area (Å²) in [6.45, 7) is 1.52. The number of benzene rings is 2. The minimum Gasteiger partial charge on any atom is -0.497 e. The molecule has 0 bridgehead atoms. The summed E-state index contributed by atoms with van der Waals surface area (Å²) in [5.74, 6) is 0.884. The van der Waals surface area contributed by atoms with Crippen LogP contribution in [0.3, 0.4) is 0 Å². The molecule has 110 valence electrons. The van der Waals surface area contributed by atoms with E-state index in [-0.39, 0.29) is 6.29 Å². The van der Waals surface area contributed by atoms with Crippen LogP contribution in [0.25, 0.3) is 0 Å². The van der Waals surface area contributed by atoms with Crippen LogP contribution >= 0.6 is 0 Å². The maximum atomic E-state index is 5.74. The van der Waals surface area contributed by atoms with Crippen molar-refractivity contribution in [3.63, 3.8) is 0 Å². The van der Waals surface area contributed by atoms with Gasteiger partial charge in [-0.1, -0.05) is 36.4 Å². The molecule has 0 saturated carbocycles. The molecule has 2 aromatic carbocycles. The van der Waals surface area contributed by atoms with Crippen molar-refractivity contribution in [2.45, 2.75) is 19.1 Å². The number of methoxy groups -OCH3 is 1. The zero-order chi connectivity index (χ0) is 14.5. The average molecular weight is 284 g/mol. The van der Waals surface area contributed by atoms with Crippen molar-refractivity contribution in [2.24, 2.45) is 0 Å². The van der Waals surface area contributed by atoms with Crippen molar-refractivity contribution >= 4 is 0 Å². The van der Waals surface area contributed by atoms with E-state index in [0.29, 0.717) is 0 Å². The summed E-state index contributed by atoms with van der Waals surface area (Å²) in [7, 11) is 1.69. The lowest BCUT2D eigenvalue weighted by molar-refractivity contribution is -0.183. The van der Waals surface area contributed by atoms with E-state index < -0.39 is 0 Å². The highest BCUT2D eigenvalue weighted by Gasteiger charge is 2.19. The number of ether oxygens (including phenoxy) is 3. The van der Waals surface area contributed by atoms with E-state index in [1.165, 1.54) is 11.1 Å². The monoisotopic (exact) mass is 284 g/mol. The third-order valence-corrected chi connectivity index (χ3v) is 3.66. The number of hydrogen-bond acceptors (Lipinski definition) is 3.